The zero-order chi connectivity index (χ0) is 39.9. The molecule has 15 nitrogen and oxygen atoms in total. The first-order valence-corrected chi connectivity index (χ1v) is 20.5. The maximum Gasteiger partial charge on any atom is 0.407 e. The van der Waals surface area contributed by atoms with Gasteiger partial charge in [0.2, 0.25) is 11.8 Å². The Morgan fingerprint density at radius 2 is 1.24 bits per heavy atom. The minimum absolute atomic E-state index is 0.0747. The fourth-order valence-electron chi connectivity index (χ4n) is 9.12. The Morgan fingerprint density at radius 3 is 1.81 bits per heavy atom. The molecule has 5 aromatic rings. The molecule has 15 heteroatoms. The van der Waals surface area contributed by atoms with Gasteiger partial charge < -0.3 is 39.9 Å². The quantitative estimate of drug-likeness (QED) is 0.122. The van der Waals surface area contributed by atoms with Gasteiger partial charge in [-0.15, -0.1) is 0 Å². The summed E-state index contributed by atoms with van der Waals surface area (Å²) in [5.41, 5.74) is 4.98. The summed E-state index contributed by atoms with van der Waals surface area (Å²) in [6, 6.07) is 14.9. The van der Waals surface area contributed by atoms with E-state index in [9.17, 15) is 19.2 Å². The summed E-state index contributed by atoms with van der Waals surface area (Å²) >= 11 is 0. The van der Waals surface area contributed by atoms with Crippen molar-refractivity contribution in [2.24, 2.45) is 11.8 Å². The number of amides is 4. The highest BCUT2D eigenvalue weighted by Gasteiger charge is 2.43. The number of likely N-dealkylation sites (tertiary alicyclic amines) is 2. The SMILES string of the molecule is COC(=O)NC(C(=O)N1CCCC1c1ncc(-c2ccc3cc(-c4ccc5[nH]c(C6CCCN6C(=O)C(NC(=O)OC)C6CCC6)nc5n4)ccc3c2)[nH]1)C1CCC1. The zero-order valence-corrected chi connectivity index (χ0v) is 32.8. The number of imidazole rings is 2. The van der Waals surface area contributed by atoms with Gasteiger partial charge in [0.25, 0.3) is 0 Å². The van der Waals surface area contributed by atoms with E-state index in [2.05, 4.69) is 57.0 Å². The van der Waals surface area contributed by atoms with Gasteiger partial charge in [-0.05, 0) is 98.2 Å². The highest BCUT2D eigenvalue weighted by molar-refractivity contribution is 5.91. The monoisotopic (exact) mass is 787 g/mol. The molecule has 2 aromatic carbocycles. The van der Waals surface area contributed by atoms with Crippen molar-refractivity contribution in [3.8, 4) is 22.5 Å². The number of H-pyrrole nitrogens is 2. The smallest absolute Gasteiger partial charge is 0.407 e. The van der Waals surface area contributed by atoms with Crippen LogP contribution < -0.4 is 10.6 Å². The maximum atomic E-state index is 13.8. The third-order valence-corrected chi connectivity index (χ3v) is 12.8. The Balaban J connectivity index is 0.903. The number of rotatable bonds is 10. The molecule has 4 atom stereocenters. The maximum absolute atomic E-state index is 13.8. The Morgan fingerprint density at radius 1 is 0.672 bits per heavy atom. The fraction of sp³-hybridized carbons (Fsp3) is 0.465. The number of methoxy groups -OCH3 is 2. The molecule has 9 rings (SSSR count). The Labute approximate surface area is 335 Å². The predicted octanol–water partition coefficient (Wildman–Crippen LogP) is 6.54. The Kier molecular flexibility index (Phi) is 10.2. The van der Waals surface area contributed by atoms with Crippen LogP contribution in [0.15, 0.2) is 54.7 Å². The van der Waals surface area contributed by atoms with Crippen molar-refractivity contribution in [1.29, 1.82) is 0 Å². The zero-order valence-electron chi connectivity index (χ0n) is 32.8. The standard InChI is InChI=1S/C43H49N9O6/c1-57-42(55)48-35(24-7-3-8-24)40(53)51-19-5-11-33(51)38-44-23-32(47-38)29-16-14-26-21-28(15-13-27(26)22-29)30-17-18-31-37(45-30)50-39(46-31)34-12-6-20-52(34)41(54)36(25-9-4-10-25)49-43(56)58-2/h13-18,21-25,33-36H,3-12,19-20H2,1-2H3,(H,44,47)(H,48,55)(H,49,56)(H,45,46,50). The van der Waals surface area contributed by atoms with E-state index in [0.29, 0.717) is 24.6 Å². The molecule has 4 amide bonds. The third kappa shape index (κ3) is 7.11. The molecule has 3 aromatic heterocycles. The van der Waals surface area contributed by atoms with E-state index in [4.69, 9.17) is 24.4 Å². The molecular formula is C43H49N9O6. The van der Waals surface area contributed by atoms with Crippen LogP contribution in [0.5, 0.6) is 0 Å². The lowest BCUT2D eigenvalue weighted by atomic mass is 9.79. The van der Waals surface area contributed by atoms with Gasteiger partial charge in [-0.3, -0.25) is 9.59 Å². The van der Waals surface area contributed by atoms with Crippen LogP contribution in [0.2, 0.25) is 0 Å². The first kappa shape index (κ1) is 37.6. The summed E-state index contributed by atoms with van der Waals surface area (Å²) in [5.74, 6) is 1.51. The van der Waals surface area contributed by atoms with Gasteiger partial charge in [0.05, 0.1) is 49.4 Å². The lowest BCUT2D eigenvalue weighted by Crippen LogP contribution is -2.53. The van der Waals surface area contributed by atoms with Crippen molar-refractivity contribution >= 4 is 45.9 Å². The summed E-state index contributed by atoms with van der Waals surface area (Å²) in [7, 11) is 2.63. The molecule has 0 spiro atoms. The normalized spacial score (nSPS) is 20.7. The third-order valence-electron chi connectivity index (χ3n) is 12.8. The first-order chi connectivity index (χ1) is 28.3. The number of carbonyl (C=O) groups excluding carboxylic acids is 4. The summed E-state index contributed by atoms with van der Waals surface area (Å²) < 4.78 is 9.67. The Bertz CT molecular complexity index is 2370. The van der Waals surface area contributed by atoms with E-state index in [-0.39, 0.29) is 35.7 Å². The van der Waals surface area contributed by atoms with Gasteiger partial charge >= 0.3 is 12.2 Å². The molecule has 4 unspecified atom stereocenters. The highest BCUT2D eigenvalue weighted by atomic mass is 16.5. The van der Waals surface area contributed by atoms with Gasteiger partial charge in [-0.2, -0.15) is 0 Å². The number of carbonyl (C=O) groups is 4. The van der Waals surface area contributed by atoms with Gasteiger partial charge in [-0.25, -0.2) is 24.5 Å². The van der Waals surface area contributed by atoms with Gasteiger partial charge in [0, 0.05) is 24.2 Å². The van der Waals surface area contributed by atoms with Gasteiger partial charge in [0.15, 0.2) is 5.65 Å². The molecule has 2 saturated carbocycles. The number of hydrogen-bond acceptors (Lipinski definition) is 9. The molecule has 2 aliphatic carbocycles. The van der Waals surface area contributed by atoms with Crippen molar-refractivity contribution in [3.63, 3.8) is 0 Å². The number of nitrogens with one attached hydrogen (secondary N) is 4. The molecule has 5 heterocycles. The van der Waals surface area contributed by atoms with Crippen molar-refractivity contribution in [3.05, 3.63) is 66.4 Å². The van der Waals surface area contributed by atoms with Crippen molar-refractivity contribution in [2.45, 2.75) is 88.4 Å². The van der Waals surface area contributed by atoms with Crippen LogP contribution in [0, 0.1) is 11.8 Å². The van der Waals surface area contributed by atoms with Gasteiger partial charge in [-0.1, -0.05) is 37.1 Å². The molecule has 4 N–H and O–H groups in total. The molecule has 302 valence electrons. The second-order valence-electron chi connectivity index (χ2n) is 16.1. The number of aromatic nitrogens is 5. The molecule has 0 radical (unpaired) electrons. The average Bonchev–Trinajstić information content (AvgIpc) is 4.04. The second-order valence-corrected chi connectivity index (χ2v) is 16.1. The molecule has 0 bridgehead atoms. The fourth-order valence-corrected chi connectivity index (χ4v) is 9.12. The van der Waals surface area contributed by atoms with Crippen LogP contribution in [0.1, 0.15) is 87.9 Å². The van der Waals surface area contributed by atoms with Crippen molar-refractivity contribution in [2.75, 3.05) is 27.3 Å². The van der Waals surface area contributed by atoms with E-state index in [1.54, 1.807) is 0 Å². The molecule has 4 fully saturated rings. The van der Waals surface area contributed by atoms with Crippen LogP contribution in [-0.4, -0.2) is 98.1 Å². The molecular weight excluding hydrogens is 739 g/mol. The largest absolute Gasteiger partial charge is 0.453 e. The summed E-state index contributed by atoms with van der Waals surface area (Å²) in [6.45, 7) is 1.22. The molecule has 2 saturated heterocycles. The van der Waals surface area contributed by atoms with Crippen LogP contribution >= 0.6 is 0 Å². The number of aromatic amines is 2. The Hall–Kier alpha value is -5.99. The van der Waals surface area contributed by atoms with Crippen LogP contribution in [0.25, 0.3) is 44.5 Å². The summed E-state index contributed by atoms with van der Waals surface area (Å²) in [6.07, 6.45) is 9.68. The lowest BCUT2D eigenvalue weighted by Gasteiger charge is -2.36. The average molecular weight is 788 g/mol. The number of nitrogens with zero attached hydrogens (tertiary/aromatic N) is 5. The minimum atomic E-state index is -0.606. The molecule has 4 aliphatic rings. The summed E-state index contributed by atoms with van der Waals surface area (Å²) in [5, 5.41) is 7.72. The van der Waals surface area contributed by atoms with Crippen LogP contribution in [-0.2, 0) is 19.1 Å². The van der Waals surface area contributed by atoms with E-state index in [1.807, 2.05) is 28.1 Å². The number of alkyl carbamates (subject to hydrolysis) is 2. The topological polar surface area (TPSA) is 188 Å². The van der Waals surface area contributed by atoms with E-state index >= 15 is 0 Å². The highest BCUT2D eigenvalue weighted by Crippen LogP contribution is 2.38. The van der Waals surface area contributed by atoms with E-state index < -0.39 is 24.3 Å². The molecule has 58 heavy (non-hydrogen) atoms. The predicted molar refractivity (Wildman–Crippen MR) is 215 cm³/mol. The second kappa shape index (κ2) is 15.7. The van der Waals surface area contributed by atoms with Crippen molar-refractivity contribution < 1.29 is 28.7 Å². The van der Waals surface area contributed by atoms with Gasteiger partial charge in [0.1, 0.15) is 23.7 Å². The first-order valence-electron chi connectivity index (χ1n) is 20.5. The minimum Gasteiger partial charge on any atom is -0.453 e. The number of fused-ring (bicyclic) bond motifs is 2. The van der Waals surface area contributed by atoms with Crippen LogP contribution in [0.3, 0.4) is 0 Å². The lowest BCUT2D eigenvalue weighted by molar-refractivity contribution is -0.137. The number of benzene rings is 2. The van der Waals surface area contributed by atoms with E-state index in [1.165, 1.54) is 14.2 Å². The van der Waals surface area contributed by atoms with Crippen LogP contribution in [0.4, 0.5) is 9.59 Å². The number of ether oxygens (including phenoxy) is 2. The number of hydrogen-bond donors (Lipinski definition) is 4. The number of pyridine rings is 1. The summed E-state index contributed by atoms with van der Waals surface area (Å²) in [4.78, 5) is 77.0. The molecule has 2 aliphatic heterocycles. The van der Waals surface area contributed by atoms with E-state index in [0.717, 1.165) is 109 Å². The van der Waals surface area contributed by atoms with Crippen molar-refractivity contribution in [1.82, 2.24) is 45.4 Å².